The Bertz CT molecular complexity index is 537. The zero-order valence-electron chi connectivity index (χ0n) is 12.5. The quantitative estimate of drug-likeness (QED) is 0.740. The Balaban J connectivity index is 1.75. The van der Waals surface area contributed by atoms with Gasteiger partial charge in [-0.05, 0) is 12.1 Å². The summed E-state index contributed by atoms with van der Waals surface area (Å²) in [4.78, 5) is 2.44. The van der Waals surface area contributed by atoms with Crippen molar-refractivity contribution in [3.05, 3.63) is 17.9 Å². The van der Waals surface area contributed by atoms with Crippen LogP contribution in [0.2, 0.25) is 0 Å². The van der Waals surface area contributed by atoms with Gasteiger partial charge in [-0.2, -0.15) is 11.8 Å². The van der Waals surface area contributed by atoms with E-state index in [1.807, 2.05) is 11.8 Å². The van der Waals surface area contributed by atoms with Crippen molar-refractivity contribution in [2.24, 2.45) is 0 Å². The van der Waals surface area contributed by atoms with Crippen molar-refractivity contribution in [1.82, 2.24) is 14.5 Å². The molecule has 0 spiro atoms. The molecule has 1 aliphatic heterocycles. The van der Waals surface area contributed by atoms with Crippen molar-refractivity contribution in [3.63, 3.8) is 0 Å². The predicted molar refractivity (Wildman–Crippen MR) is 85.1 cm³/mol. The molecule has 0 aliphatic carbocycles. The van der Waals surface area contributed by atoms with Crippen molar-refractivity contribution in [2.45, 2.75) is 11.6 Å². The summed E-state index contributed by atoms with van der Waals surface area (Å²) >= 11 is 2.00. The van der Waals surface area contributed by atoms with Gasteiger partial charge in [-0.25, -0.2) is 12.7 Å². The minimum atomic E-state index is -3.48. The van der Waals surface area contributed by atoms with E-state index in [1.165, 1.54) is 31.7 Å². The second-order valence-corrected chi connectivity index (χ2v) is 8.45. The largest absolute Gasteiger partial charge is 0.447 e. The van der Waals surface area contributed by atoms with Gasteiger partial charge in [-0.15, -0.1) is 0 Å². The van der Waals surface area contributed by atoms with Gasteiger partial charge in [0.2, 0.25) is 5.09 Å². The first-order valence-corrected chi connectivity index (χ1v) is 9.61. The molecular formula is C13H23N3O3S2. The van der Waals surface area contributed by atoms with Crippen LogP contribution in [0.1, 0.15) is 5.76 Å². The summed E-state index contributed by atoms with van der Waals surface area (Å²) in [7, 11) is -0.490. The molecule has 120 valence electrons. The van der Waals surface area contributed by atoms with E-state index in [9.17, 15) is 8.42 Å². The van der Waals surface area contributed by atoms with Crippen molar-refractivity contribution in [2.75, 3.05) is 51.8 Å². The number of hydrogen-bond donors (Lipinski definition) is 1. The number of furan rings is 1. The lowest BCUT2D eigenvalue weighted by Crippen LogP contribution is -2.37. The maximum Gasteiger partial charge on any atom is 0.275 e. The molecule has 2 rings (SSSR count). The summed E-state index contributed by atoms with van der Waals surface area (Å²) in [6.07, 6.45) is 0. The van der Waals surface area contributed by atoms with E-state index in [1.54, 1.807) is 6.07 Å². The molecule has 1 fully saturated rings. The second-order valence-electron chi connectivity index (χ2n) is 5.14. The summed E-state index contributed by atoms with van der Waals surface area (Å²) in [5, 5.41) is 3.29. The Labute approximate surface area is 130 Å². The van der Waals surface area contributed by atoms with E-state index in [2.05, 4.69) is 10.2 Å². The molecule has 2 heterocycles. The van der Waals surface area contributed by atoms with Crippen LogP contribution in [0.3, 0.4) is 0 Å². The molecule has 1 aliphatic rings. The normalized spacial score (nSPS) is 17.5. The molecule has 0 aromatic carbocycles. The number of rotatable bonds is 7. The smallest absolute Gasteiger partial charge is 0.275 e. The van der Waals surface area contributed by atoms with Crippen molar-refractivity contribution >= 4 is 21.8 Å². The van der Waals surface area contributed by atoms with E-state index in [0.29, 0.717) is 12.3 Å². The van der Waals surface area contributed by atoms with Gasteiger partial charge in [-0.3, -0.25) is 0 Å². The highest BCUT2D eigenvalue weighted by atomic mass is 32.2. The molecule has 1 aromatic rings. The van der Waals surface area contributed by atoms with Crippen molar-refractivity contribution < 1.29 is 12.8 Å². The summed E-state index contributed by atoms with van der Waals surface area (Å²) in [6, 6.07) is 3.22. The lowest BCUT2D eigenvalue weighted by Gasteiger charge is -2.25. The van der Waals surface area contributed by atoms with E-state index in [-0.39, 0.29) is 5.09 Å². The Morgan fingerprint density at radius 1 is 1.33 bits per heavy atom. The molecule has 8 heteroatoms. The average Bonchev–Trinajstić information content (AvgIpc) is 2.94. The third kappa shape index (κ3) is 4.72. The number of thioether (sulfide) groups is 1. The summed E-state index contributed by atoms with van der Waals surface area (Å²) < 4.78 is 30.3. The van der Waals surface area contributed by atoms with E-state index in [0.717, 1.165) is 30.5 Å². The average molecular weight is 333 g/mol. The van der Waals surface area contributed by atoms with E-state index < -0.39 is 10.0 Å². The molecule has 1 saturated heterocycles. The number of hydrogen-bond acceptors (Lipinski definition) is 6. The molecule has 0 saturated carbocycles. The van der Waals surface area contributed by atoms with Crippen LogP contribution in [0.15, 0.2) is 21.6 Å². The van der Waals surface area contributed by atoms with Crippen LogP contribution in [-0.4, -0.2) is 69.4 Å². The highest BCUT2D eigenvalue weighted by molar-refractivity contribution is 7.99. The topological polar surface area (TPSA) is 65.8 Å². The number of nitrogens with zero attached hydrogens (tertiary/aromatic N) is 2. The second kappa shape index (κ2) is 7.64. The molecule has 21 heavy (non-hydrogen) atoms. The molecule has 0 radical (unpaired) electrons. The Morgan fingerprint density at radius 3 is 2.71 bits per heavy atom. The van der Waals surface area contributed by atoms with Crippen molar-refractivity contribution in [3.8, 4) is 0 Å². The standard InChI is InChI=1S/C13H23N3O3S2/c1-15(2)21(17,18)13-4-3-12(19-13)11-14-5-6-16-7-9-20-10-8-16/h3-4,14H,5-11H2,1-2H3. The number of sulfonamides is 1. The molecule has 1 aromatic heterocycles. The molecule has 0 unspecified atom stereocenters. The SMILES string of the molecule is CN(C)S(=O)(=O)c1ccc(CNCCN2CCSCC2)o1. The first kappa shape index (κ1) is 16.8. The minimum absolute atomic E-state index is 0.00245. The van der Waals surface area contributed by atoms with Gasteiger partial charge in [0, 0.05) is 51.8 Å². The molecule has 0 atom stereocenters. The van der Waals surface area contributed by atoms with Gasteiger partial charge in [0.1, 0.15) is 5.76 Å². The summed E-state index contributed by atoms with van der Waals surface area (Å²) in [5.41, 5.74) is 0. The van der Waals surface area contributed by atoms with Crippen LogP contribution in [-0.2, 0) is 16.6 Å². The first-order chi connectivity index (χ1) is 10.00. The Hall–Kier alpha value is -0.540. The molecule has 0 bridgehead atoms. The predicted octanol–water partition coefficient (Wildman–Crippen LogP) is 0.668. The van der Waals surface area contributed by atoms with Gasteiger partial charge in [-0.1, -0.05) is 0 Å². The van der Waals surface area contributed by atoms with Gasteiger partial charge in [0.25, 0.3) is 10.0 Å². The van der Waals surface area contributed by atoms with E-state index in [4.69, 9.17) is 4.42 Å². The van der Waals surface area contributed by atoms with Crippen LogP contribution in [0.4, 0.5) is 0 Å². The van der Waals surface area contributed by atoms with Crippen LogP contribution in [0.5, 0.6) is 0 Å². The molecule has 1 N–H and O–H groups in total. The first-order valence-electron chi connectivity index (χ1n) is 7.02. The summed E-state index contributed by atoms with van der Waals surface area (Å²) in [5.74, 6) is 3.07. The highest BCUT2D eigenvalue weighted by Gasteiger charge is 2.21. The fraction of sp³-hybridized carbons (Fsp3) is 0.692. The number of nitrogens with one attached hydrogen (secondary N) is 1. The third-order valence-electron chi connectivity index (χ3n) is 3.38. The van der Waals surface area contributed by atoms with E-state index >= 15 is 0 Å². The fourth-order valence-corrected chi connectivity index (χ4v) is 3.84. The minimum Gasteiger partial charge on any atom is -0.447 e. The lowest BCUT2D eigenvalue weighted by molar-refractivity contribution is 0.298. The van der Waals surface area contributed by atoms with Crippen LogP contribution < -0.4 is 5.32 Å². The zero-order chi connectivity index (χ0) is 15.3. The Kier molecular flexibility index (Phi) is 6.12. The van der Waals surface area contributed by atoms with Crippen LogP contribution in [0.25, 0.3) is 0 Å². The van der Waals surface area contributed by atoms with Crippen LogP contribution >= 0.6 is 11.8 Å². The molecular weight excluding hydrogens is 310 g/mol. The molecule has 0 amide bonds. The molecule has 6 nitrogen and oxygen atoms in total. The maximum atomic E-state index is 11.9. The van der Waals surface area contributed by atoms with Crippen LogP contribution in [0, 0.1) is 0 Å². The van der Waals surface area contributed by atoms with Gasteiger partial charge in [0.05, 0.1) is 6.54 Å². The van der Waals surface area contributed by atoms with Gasteiger partial charge < -0.3 is 14.6 Å². The lowest BCUT2D eigenvalue weighted by atomic mass is 10.4. The monoisotopic (exact) mass is 333 g/mol. The maximum absolute atomic E-state index is 11.9. The zero-order valence-corrected chi connectivity index (χ0v) is 14.2. The Morgan fingerprint density at radius 2 is 2.05 bits per heavy atom. The van der Waals surface area contributed by atoms with Gasteiger partial charge >= 0.3 is 0 Å². The van der Waals surface area contributed by atoms with Gasteiger partial charge in [0.15, 0.2) is 0 Å². The third-order valence-corrected chi connectivity index (χ3v) is 6.01. The summed E-state index contributed by atoms with van der Waals surface area (Å²) in [6.45, 7) is 4.74. The highest BCUT2D eigenvalue weighted by Crippen LogP contribution is 2.16. The van der Waals surface area contributed by atoms with Crippen molar-refractivity contribution in [1.29, 1.82) is 0 Å². The fourth-order valence-electron chi connectivity index (χ4n) is 2.05.